The third kappa shape index (κ3) is 3.55. The Balaban J connectivity index is 1.40. The smallest absolute Gasteiger partial charge is 0.256 e. The molecule has 1 N–H and O–H groups in total. The quantitative estimate of drug-likeness (QED) is 0.687. The number of pyridine rings is 1. The first kappa shape index (κ1) is 20.4. The van der Waals surface area contributed by atoms with Gasteiger partial charge in [0.25, 0.3) is 5.91 Å². The Labute approximate surface area is 186 Å². The summed E-state index contributed by atoms with van der Waals surface area (Å²) in [4.78, 5) is 42.9. The van der Waals surface area contributed by atoms with Crippen molar-refractivity contribution >= 4 is 28.5 Å². The third-order valence-corrected chi connectivity index (χ3v) is 6.47. The summed E-state index contributed by atoms with van der Waals surface area (Å²) >= 11 is 0. The van der Waals surface area contributed by atoms with Crippen LogP contribution in [0.1, 0.15) is 46.7 Å². The number of benzene rings is 1. The van der Waals surface area contributed by atoms with Crippen LogP contribution < -0.4 is 5.32 Å². The standard InChI is InChI=1S/C24H26N6O2/c1-15(31)29-12-9-18-20(14-29)27-22(28-23(18)25-2)17-8-11-30(13-17)24(32)19-7-3-5-16-6-4-10-26-21(16)19/h3-7,10,17H,8-9,11-14H2,1-2H3,(H,25,27,28)/t17-/m1/s1. The summed E-state index contributed by atoms with van der Waals surface area (Å²) in [5.41, 5.74) is 3.35. The molecule has 4 heterocycles. The van der Waals surface area contributed by atoms with Gasteiger partial charge >= 0.3 is 0 Å². The average Bonchev–Trinajstić information content (AvgIpc) is 3.32. The molecule has 1 fully saturated rings. The van der Waals surface area contributed by atoms with Crippen molar-refractivity contribution in [1.29, 1.82) is 0 Å². The van der Waals surface area contributed by atoms with Gasteiger partial charge in [-0.15, -0.1) is 0 Å². The fourth-order valence-electron chi connectivity index (χ4n) is 4.71. The van der Waals surface area contributed by atoms with Crippen LogP contribution in [-0.4, -0.2) is 63.2 Å². The van der Waals surface area contributed by atoms with Crippen LogP contribution in [0.2, 0.25) is 0 Å². The summed E-state index contributed by atoms with van der Waals surface area (Å²) < 4.78 is 0. The van der Waals surface area contributed by atoms with Gasteiger partial charge in [-0.05, 0) is 25.0 Å². The largest absolute Gasteiger partial charge is 0.373 e. The molecule has 2 aliphatic heterocycles. The molecule has 5 rings (SSSR count). The predicted molar refractivity (Wildman–Crippen MR) is 121 cm³/mol. The van der Waals surface area contributed by atoms with Crippen LogP contribution in [-0.2, 0) is 17.8 Å². The van der Waals surface area contributed by atoms with Crippen LogP contribution >= 0.6 is 0 Å². The highest BCUT2D eigenvalue weighted by Gasteiger charge is 2.32. The zero-order valence-electron chi connectivity index (χ0n) is 18.3. The number of para-hydroxylation sites is 1. The molecule has 1 aromatic carbocycles. The first-order chi connectivity index (χ1) is 15.5. The average molecular weight is 431 g/mol. The highest BCUT2D eigenvalue weighted by Crippen LogP contribution is 2.31. The van der Waals surface area contributed by atoms with Gasteiger partial charge in [-0.3, -0.25) is 14.6 Å². The maximum Gasteiger partial charge on any atom is 0.256 e. The molecular weight excluding hydrogens is 404 g/mol. The molecule has 1 atom stereocenters. The zero-order chi connectivity index (χ0) is 22.2. The summed E-state index contributed by atoms with van der Waals surface area (Å²) in [5.74, 6) is 1.68. The number of rotatable bonds is 3. The second-order valence-corrected chi connectivity index (χ2v) is 8.41. The van der Waals surface area contributed by atoms with Gasteiger partial charge < -0.3 is 15.1 Å². The highest BCUT2D eigenvalue weighted by molar-refractivity contribution is 6.05. The minimum atomic E-state index is -0.00800. The third-order valence-electron chi connectivity index (χ3n) is 6.47. The number of carbonyl (C=O) groups excluding carboxylic acids is 2. The molecule has 0 unspecified atom stereocenters. The van der Waals surface area contributed by atoms with E-state index in [1.54, 1.807) is 13.1 Å². The van der Waals surface area contributed by atoms with Gasteiger partial charge in [-0.1, -0.05) is 18.2 Å². The van der Waals surface area contributed by atoms with Crippen LogP contribution in [0, 0.1) is 0 Å². The van der Waals surface area contributed by atoms with Crippen molar-refractivity contribution in [3.8, 4) is 0 Å². The lowest BCUT2D eigenvalue weighted by atomic mass is 10.0. The molecule has 1 saturated heterocycles. The number of aromatic nitrogens is 3. The van der Waals surface area contributed by atoms with E-state index >= 15 is 0 Å². The Bertz CT molecular complexity index is 1210. The van der Waals surface area contributed by atoms with Gasteiger partial charge in [0.2, 0.25) is 5.91 Å². The van der Waals surface area contributed by atoms with E-state index in [0.717, 1.165) is 46.6 Å². The van der Waals surface area contributed by atoms with E-state index in [-0.39, 0.29) is 17.7 Å². The number of nitrogens with zero attached hydrogens (tertiary/aromatic N) is 5. The number of nitrogens with one attached hydrogen (secondary N) is 1. The predicted octanol–water partition coefficient (Wildman–Crippen LogP) is 2.60. The number of likely N-dealkylation sites (tertiary alicyclic amines) is 1. The van der Waals surface area contributed by atoms with E-state index in [2.05, 4.69) is 10.3 Å². The molecule has 8 heteroatoms. The van der Waals surface area contributed by atoms with Crippen molar-refractivity contribution in [3.05, 3.63) is 59.2 Å². The minimum Gasteiger partial charge on any atom is -0.373 e. The maximum atomic E-state index is 13.3. The summed E-state index contributed by atoms with van der Waals surface area (Å²) in [5, 5.41) is 4.16. The van der Waals surface area contributed by atoms with E-state index in [1.807, 2.05) is 47.2 Å². The summed E-state index contributed by atoms with van der Waals surface area (Å²) in [6.07, 6.45) is 3.27. The van der Waals surface area contributed by atoms with Crippen LogP contribution in [0.15, 0.2) is 36.5 Å². The monoisotopic (exact) mass is 430 g/mol. The van der Waals surface area contributed by atoms with Gasteiger partial charge in [0.15, 0.2) is 0 Å². The van der Waals surface area contributed by atoms with Crippen molar-refractivity contribution in [2.45, 2.75) is 32.2 Å². The first-order valence-corrected chi connectivity index (χ1v) is 11.0. The SMILES string of the molecule is CNc1nc([C@@H]2CCN(C(=O)c3cccc4cccnc34)C2)nc2c1CCN(C(C)=O)C2. The molecule has 0 saturated carbocycles. The highest BCUT2D eigenvalue weighted by atomic mass is 16.2. The summed E-state index contributed by atoms with van der Waals surface area (Å²) in [7, 11) is 1.86. The fourth-order valence-corrected chi connectivity index (χ4v) is 4.71. The molecule has 0 radical (unpaired) electrons. The lowest BCUT2D eigenvalue weighted by Crippen LogP contribution is -2.35. The van der Waals surface area contributed by atoms with Gasteiger partial charge in [-0.25, -0.2) is 9.97 Å². The van der Waals surface area contributed by atoms with Crippen LogP contribution in [0.25, 0.3) is 10.9 Å². The van der Waals surface area contributed by atoms with Crippen LogP contribution in [0.5, 0.6) is 0 Å². The van der Waals surface area contributed by atoms with Crippen molar-refractivity contribution in [3.63, 3.8) is 0 Å². The number of hydrogen-bond acceptors (Lipinski definition) is 6. The van der Waals surface area contributed by atoms with E-state index in [0.29, 0.717) is 31.7 Å². The van der Waals surface area contributed by atoms with Gasteiger partial charge in [0.1, 0.15) is 11.6 Å². The molecule has 0 spiro atoms. The van der Waals surface area contributed by atoms with Crippen molar-refractivity contribution in [1.82, 2.24) is 24.8 Å². The lowest BCUT2D eigenvalue weighted by molar-refractivity contribution is -0.129. The zero-order valence-corrected chi connectivity index (χ0v) is 18.3. The number of hydrogen-bond donors (Lipinski definition) is 1. The Morgan fingerprint density at radius 3 is 2.75 bits per heavy atom. The molecule has 32 heavy (non-hydrogen) atoms. The van der Waals surface area contributed by atoms with Crippen molar-refractivity contribution in [2.24, 2.45) is 0 Å². The Morgan fingerprint density at radius 1 is 1.09 bits per heavy atom. The molecule has 2 aromatic heterocycles. The lowest BCUT2D eigenvalue weighted by Gasteiger charge is -2.29. The Hall–Kier alpha value is -3.55. The summed E-state index contributed by atoms with van der Waals surface area (Å²) in [6, 6.07) is 9.56. The van der Waals surface area contributed by atoms with Crippen molar-refractivity contribution < 1.29 is 9.59 Å². The number of fused-ring (bicyclic) bond motifs is 2. The Kier molecular flexibility index (Phi) is 5.20. The minimum absolute atomic E-state index is 0.00800. The van der Waals surface area contributed by atoms with Crippen LogP contribution in [0.3, 0.4) is 0 Å². The molecule has 0 bridgehead atoms. The van der Waals surface area contributed by atoms with E-state index in [4.69, 9.17) is 9.97 Å². The second-order valence-electron chi connectivity index (χ2n) is 8.41. The number of amides is 2. The molecule has 3 aromatic rings. The van der Waals surface area contributed by atoms with E-state index in [1.165, 1.54) is 0 Å². The maximum absolute atomic E-state index is 13.3. The topological polar surface area (TPSA) is 91.3 Å². The Morgan fingerprint density at radius 2 is 1.94 bits per heavy atom. The molecule has 164 valence electrons. The van der Waals surface area contributed by atoms with E-state index in [9.17, 15) is 9.59 Å². The molecule has 8 nitrogen and oxygen atoms in total. The number of carbonyl (C=O) groups is 2. The molecule has 2 amide bonds. The summed E-state index contributed by atoms with van der Waals surface area (Å²) in [6.45, 7) is 4.01. The molecule has 2 aliphatic rings. The van der Waals surface area contributed by atoms with Gasteiger partial charge in [-0.2, -0.15) is 0 Å². The van der Waals surface area contributed by atoms with Gasteiger partial charge in [0.05, 0.1) is 23.3 Å². The fraction of sp³-hybridized carbons (Fsp3) is 0.375. The molecular formula is C24H26N6O2. The van der Waals surface area contributed by atoms with Crippen LogP contribution in [0.4, 0.5) is 5.82 Å². The second kappa shape index (κ2) is 8.18. The van der Waals surface area contributed by atoms with Gasteiger partial charge in [0, 0.05) is 56.7 Å². The normalized spacial score (nSPS) is 18.0. The van der Waals surface area contributed by atoms with E-state index < -0.39 is 0 Å². The van der Waals surface area contributed by atoms with Crippen molar-refractivity contribution in [2.75, 3.05) is 32.0 Å². The first-order valence-electron chi connectivity index (χ1n) is 11.0. The molecule has 0 aliphatic carbocycles. The number of anilines is 1.